The van der Waals surface area contributed by atoms with Crippen molar-refractivity contribution in [2.45, 2.75) is 27.7 Å². The molecular weight excluding hydrogens is 480 g/mol. The minimum absolute atomic E-state index is 0.144. The second kappa shape index (κ2) is 9.76. The predicted octanol–water partition coefficient (Wildman–Crippen LogP) is 10.9. The molecule has 5 nitrogen and oxygen atoms in total. The number of hydrogen-bond donors (Lipinski definition) is 1. The minimum atomic E-state index is 0.144. The van der Waals surface area contributed by atoms with Crippen LogP contribution in [0.25, 0.3) is 32.3 Å². The molecule has 0 atom stereocenters. The van der Waals surface area contributed by atoms with Crippen molar-refractivity contribution >= 4 is 55.1 Å². The fraction of sp³-hybridized carbons (Fsp3) is 0.118. The molecule has 39 heavy (non-hydrogen) atoms. The van der Waals surface area contributed by atoms with Crippen LogP contribution in [0.2, 0.25) is 0 Å². The zero-order valence-corrected chi connectivity index (χ0v) is 22.4. The van der Waals surface area contributed by atoms with Crippen LogP contribution in [0.5, 0.6) is 5.75 Å². The normalized spacial score (nSPS) is 12.0. The number of rotatable bonds is 4. The molecular formula is C34H28N4O. The topological polar surface area (TPSA) is 69.7 Å². The van der Waals surface area contributed by atoms with E-state index in [2.05, 4.69) is 71.6 Å². The number of phenolic OH excluding ortho intramolecular Hbond substituents is 1. The maximum absolute atomic E-state index is 10.8. The zero-order valence-electron chi connectivity index (χ0n) is 22.4. The van der Waals surface area contributed by atoms with Crippen molar-refractivity contribution in [2.75, 3.05) is 0 Å². The van der Waals surface area contributed by atoms with E-state index in [1.807, 2.05) is 67.6 Å². The fourth-order valence-corrected chi connectivity index (χ4v) is 5.17. The number of aryl methyl sites for hydroxylation is 4. The van der Waals surface area contributed by atoms with Gasteiger partial charge in [0.05, 0.1) is 17.1 Å². The van der Waals surface area contributed by atoms with E-state index in [-0.39, 0.29) is 5.75 Å². The van der Waals surface area contributed by atoms with Gasteiger partial charge in [0.25, 0.3) is 0 Å². The summed E-state index contributed by atoms with van der Waals surface area (Å²) in [7, 11) is 0. The van der Waals surface area contributed by atoms with Gasteiger partial charge in [-0.2, -0.15) is 5.11 Å². The summed E-state index contributed by atoms with van der Waals surface area (Å²) in [5.74, 6) is 0.144. The van der Waals surface area contributed by atoms with E-state index in [1.54, 1.807) is 0 Å². The Morgan fingerprint density at radius 3 is 1.92 bits per heavy atom. The Morgan fingerprint density at radius 2 is 1.18 bits per heavy atom. The van der Waals surface area contributed by atoms with E-state index >= 15 is 0 Å². The Hall–Kier alpha value is -4.90. The molecule has 0 aromatic heterocycles. The Kier molecular flexibility index (Phi) is 6.12. The van der Waals surface area contributed by atoms with Gasteiger partial charge in [-0.25, -0.2) is 0 Å². The Labute approximate surface area is 227 Å². The van der Waals surface area contributed by atoms with Crippen molar-refractivity contribution < 1.29 is 5.11 Å². The van der Waals surface area contributed by atoms with E-state index in [9.17, 15) is 5.11 Å². The van der Waals surface area contributed by atoms with Gasteiger partial charge in [0.2, 0.25) is 0 Å². The van der Waals surface area contributed by atoms with Crippen LogP contribution in [0.1, 0.15) is 22.3 Å². The number of phenols is 1. The van der Waals surface area contributed by atoms with Crippen LogP contribution in [0.3, 0.4) is 0 Å². The summed E-state index contributed by atoms with van der Waals surface area (Å²) in [6, 6.07) is 30.4. The molecule has 0 aliphatic rings. The molecule has 6 rings (SSSR count). The highest BCUT2D eigenvalue weighted by Gasteiger charge is 2.12. The van der Waals surface area contributed by atoms with Crippen LogP contribution in [0.4, 0.5) is 22.7 Å². The summed E-state index contributed by atoms with van der Waals surface area (Å²) >= 11 is 0. The Balaban J connectivity index is 1.39. The van der Waals surface area contributed by atoms with Gasteiger partial charge in [-0.3, -0.25) is 0 Å². The second-order valence-electron chi connectivity index (χ2n) is 10.2. The van der Waals surface area contributed by atoms with Crippen molar-refractivity contribution in [3.8, 4) is 5.75 Å². The lowest BCUT2D eigenvalue weighted by Crippen LogP contribution is -1.82. The van der Waals surface area contributed by atoms with Crippen LogP contribution in [0, 0.1) is 27.7 Å². The summed E-state index contributed by atoms with van der Waals surface area (Å²) in [5, 5.41) is 35.2. The molecule has 6 aromatic carbocycles. The Bertz CT molecular complexity index is 1970. The minimum Gasteiger partial charge on any atom is -0.505 e. The highest BCUT2D eigenvalue weighted by Crippen LogP contribution is 2.41. The highest BCUT2D eigenvalue weighted by atomic mass is 16.3. The Morgan fingerprint density at radius 1 is 0.487 bits per heavy atom. The third-order valence-electron chi connectivity index (χ3n) is 7.13. The molecule has 0 saturated heterocycles. The summed E-state index contributed by atoms with van der Waals surface area (Å²) in [6.07, 6.45) is 0. The van der Waals surface area contributed by atoms with Gasteiger partial charge in [0.15, 0.2) is 0 Å². The van der Waals surface area contributed by atoms with E-state index in [0.717, 1.165) is 44.0 Å². The monoisotopic (exact) mass is 508 g/mol. The van der Waals surface area contributed by atoms with Crippen molar-refractivity contribution in [1.29, 1.82) is 0 Å². The number of aromatic hydroxyl groups is 1. The third-order valence-corrected chi connectivity index (χ3v) is 7.13. The molecule has 0 fully saturated rings. The first-order valence-corrected chi connectivity index (χ1v) is 13.0. The van der Waals surface area contributed by atoms with Crippen molar-refractivity contribution in [3.05, 3.63) is 113 Å². The molecule has 0 spiro atoms. The van der Waals surface area contributed by atoms with Gasteiger partial charge >= 0.3 is 0 Å². The van der Waals surface area contributed by atoms with Gasteiger partial charge in [-0.1, -0.05) is 71.8 Å². The first-order valence-electron chi connectivity index (χ1n) is 13.0. The lowest BCUT2D eigenvalue weighted by Gasteiger charge is -2.09. The number of nitrogens with zero attached hydrogens (tertiary/aromatic N) is 4. The summed E-state index contributed by atoms with van der Waals surface area (Å²) in [4.78, 5) is 0. The van der Waals surface area contributed by atoms with E-state index in [0.29, 0.717) is 11.4 Å². The first-order chi connectivity index (χ1) is 18.9. The quantitative estimate of drug-likeness (QED) is 0.236. The lowest BCUT2D eigenvalue weighted by atomic mass is 10.0. The van der Waals surface area contributed by atoms with Gasteiger partial charge in [0.1, 0.15) is 11.4 Å². The van der Waals surface area contributed by atoms with Gasteiger partial charge in [-0.15, -0.1) is 15.3 Å². The molecule has 0 aliphatic heterocycles. The van der Waals surface area contributed by atoms with Gasteiger partial charge in [-0.05, 0) is 85.3 Å². The van der Waals surface area contributed by atoms with Crippen molar-refractivity contribution in [2.24, 2.45) is 20.5 Å². The molecule has 0 saturated carbocycles. The molecule has 0 amide bonds. The molecule has 0 heterocycles. The van der Waals surface area contributed by atoms with Crippen LogP contribution in [-0.2, 0) is 0 Å². The van der Waals surface area contributed by atoms with Crippen LogP contribution < -0.4 is 0 Å². The molecule has 190 valence electrons. The maximum atomic E-state index is 10.8. The maximum Gasteiger partial charge on any atom is 0.146 e. The fourth-order valence-electron chi connectivity index (χ4n) is 5.17. The van der Waals surface area contributed by atoms with Crippen molar-refractivity contribution in [3.63, 3.8) is 0 Å². The summed E-state index contributed by atoms with van der Waals surface area (Å²) in [5.41, 5.74) is 7.12. The molecule has 0 radical (unpaired) electrons. The van der Waals surface area contributed by atoms with Crippen LogP contribution in [0.15, 0.2) is 111 Å². The van der Waals surface area contributed by atoms with Crippen LogP contribution >= 0.6 is 0 Å². The van der Waals surface area contributed by atoms with E-state index in [4.69, 9.17) is 0 Å². The van der Waals surface area contributed by atoms with Gasteiger partial charge < -0.3 is 5.11 Å². The van der Waals surface area contributed by atoms with Crippen molar-refractivity contribution in [1.82, 2.24) is 0 Å². The second-order valence-corrected chi connectivity index (χ2v) is 10.2. The van der Waals surface area contributed by atoms with E-state index < -0.39 is 0 Å². The number of hydrogen-bond acceptors (Lipinski definition) is 5. The lowest BCUT2D eigenvalue weighted by molar-refractivity contribution is 0.473. The smallest absolute Gasteiger partial charge is 0.146 e. The number of benzene rings is 6. The molecule has 0 bridgehead atoms. The number of fused-ring (bicyclic) bond motifs is 3. The first kappa shape index (κ1) is 24.4. The zero-order chi connectivity index (χ0) is 27.1. The largest absolute Gasteiger partial charge is 0.505 e. The summed E-state index contributed by atoms with van der Waals surface area (Å²) < 4.78 is 0. The average molecular weight is 509 g/mol. The SMILES string of the molecule is Cc1cc(C)c2cc(N=Nc3ccc(N=Nc4c(O)c(C)cc5cc(C)ccc45)c4ccccc34)ccc2c1. The predicted molar refractivity (Wildman–Crippen MR) is 161 cm³/mol. The van der Waals surface area contributed by atoms with Gasteiger partial charge in [0, 0.05) is 16.2 Å². The molecule has 0 unspecified atom stereocenters. The average Bonchev–Trinajstić information content (AvgIpc) is 2.92. The molecule has 5 heteroatoms. The number of azo groups is 2. The highest BCUT2D eigenvalue weighted by molar-refractivity contribution is 6.00. The molecule has 1 N–H and O–H groups in total. The molecule has 0 aliphatic carbocycles. The third kappa shape index (κ3) is 4.64. The standard InChI is InChI=1S/C34H28N4O/c1-20-9-12-27-25(16-20)18-23(4)34(39)33(27)38-37-32-14-13-31(28-7-5-6-8-29(28)32)36-35-26-11-10-24-17-21(2)15-22(3)30(24)19-26/h5-19,39H,1-4H3. The summed E-state index contributed by atoms with van der Waals surface area (Å²) in [6.45, 7) is 8.16. The molecule has 6 aromatic rings. The van der Waals surface area contributed by atoms with E-state index in [1.165, 1.54) is 21.9 Å². The van der Waals surface area contributed by atoms with Crippen LogP contribution in [-0.4, -0.2) is 5.11 Å².